The summed E-state index contributed by atoms with van der Waals surface area (Å²) < 4.78 is 0. The molecule has 6 nitrogen and oxygen atoms in total. The van der Waals surface area contributed by atoms with Crippen molar-refractivity contribution >= 4 is 11.4 Å². The number of benzene rings is 1. The zero-order valence-corrected chi connectivity index (χ0v) is 9.85. The summed E-state index contributed by atoms with van der Waals surface area (Å²) in [6.07, 6.45) is 1.99. The van der Waals surface area contributed by atoms with Crippen molar-refractivity contribution in [3.05, 3.63) is 33.9 Å². The number of nitrogens with one attached hydrogen (secondary N) is 2. The Labute approximate surface area is 105 Å². The molecule has 0 spiro atoms. The topological polar surface area (TPSA) is 91.0 Å². The number of piperidine rings is 1. The highest BCUT2D eigenvalue weighted by molar-refractivity contribution is 5.59. The van der Waals surface area contributed by atoms with Gasteiger partial charge < -0.3 is 10.6 Å². The van der Waals surface area contributed by atoms with Gasteiger partial charge in [0.2, 0.25) is 0 Å². The summed E-state index contributed by atoms with van der Waals surface area (Å²) >= 11 is 0. The molecule has 0 saturated carbocycles. The van der Waals surface area contributed by atoms with Crippen molar-refractivity contribution in [1.29, 1.82) is 5.26 Å². The Morgan fingerprint density at radius 2 is 2.17 bits per heavy atom. The van der Waals surface area contributed by atoms with E-state index in [4.69, 9.17) is 5.26 Å². The predicted octanol–water partition coefficient (Wildman–Crippen LogP) is 1.63. The van der Waals surface area contributed by atoms with E-state index in [9.17, 15) is 10.1 Å². The van der Waals surface area contributed by atoms with E-state index in [1.54, 1.807) is 6.07 Å². The minimum Gasteiger partial charge on any atom is -0.382 e. The molecule has 1 fully saturated rings. The van der Waals surface area contributed by atoms with Crippen LogP contribution in [0, 0.1) is 21.4 Å². The maximum atomic E-state index is 10.8. The molecular formula is C12H14N4O2. The number of nitriles is 1. The molecule has 6 heteroatoms. The summed E-state index contributed by atoms with van der Waals surface area (Å²) in [6.45, 7) is 1.91. The van der Waals surface area contributed by atoms with Gasteiger partial charge in [0.15, 0.2) is 0 Å². The minimum absolute atomic E-state index is 0.0934. The molecule has 18 heavy (non-hydrogen) atoms. The zero-order valence-electron chi connectivity index (χ0n) is 9.85. The SMILES string of the molecule is N#Cc1ccc(NC2CCNCC2)cc1[N+](=O)[O-]. The maximum absolute atomic E-state index is 10.8. The molecule has 1 aromatic rings. The van der Waals surface area contributed by atoms with Gasteiger partial charge in [0, 0.05) is 17.8 Å². The summed E-state index contributed by atoms with van der Waals surface area (Å²) in [5.74, 6) is 0. The van der Waals surface area contributed by atoms with Crippen LogP contribution in [0.5, 0.6) is 0 Å². The van der Waals surface area contributed by atoms with E-state index in [0.717, 1.165) is 25.9 Å². The van der Waals surface area contributed by atoms with E-state index >= 15 is 0 Å². The highest BCUT2D eigenvalue weighted by atomic mass is 16.6. The van der Waals surface area contributed by atoms with Crippen LogP contribution in [-0.2, 0) is 0 Å². The van der Waals surface area contributed by atoms with Gasteiger partial charge in [0.05, 0.1) is 4.92 Å². The third-order valence-electron chi connectivity index (χ3n) is 3.02. The van der Waals surface area contributed by atoms with Crippen LogP contribution in [0.1, 0.15) is 18.4 Å². The third kappa shape index (κ3) is 2.76. The highest BCUT2D eigenvalue weighted by Crippen LogP contribution is 2.23. The Morgan fingerprint density at radius 3 is 2.78 bits per heavy atom. The zero-order chi connectivity index (χ0) is 13.0. The summed E-state index contributed by atoms with van der Waals surface area (Å²) in [6, 6.07) is 6.80. The van der Waals surface area contributed by atoms with Crippen molar-refractivity contribution in [2.24, 2.45) is 0 Å². The highest BCUT2D eigenvalue weighted by Gasteiger charge is 2.17. The average molecular weight is 246 g/mol. The normalized spacial score (nSPS) is 15.9. The molecule has 1 heterocycles. The lowest BCUT2D eigenvalue weighted by molar-refractivity contribution is -0.385. The lowest BCUT2D eigenvalue weighted by Gasteiger charge is -2.24. The van der Waals surface area contributed by atoms with Gasteiger partial charge in [-0.25, -0.2) is 0 Å². The molecule has 0 atom stereocenters. The van der Waals surface area contributed by atoms with Gasteiger partial charge in [-0.1, -0.05) is 0 Å². The fourth-order valence-electron chi connectivity index (χ4n) is 2.07. The van der Waals surface area contributed by atoms with Crippen molar-refractivity contribution in [1.82, 2.24) is 5.32 Å². The first-order valence-corrected chi connectivity index (χ1v) is 5.86. The van der Waals surface area contributed by atoms with Crippen molar-refractivity contribution < 1.29 is 4.92 Å². The molecule has 1 aromatic carbocycles. The van der Waals surface area contributed by atoms with Gasteiger partial charge >= 0.3 is 0 Å². The molecule has 2 N–H and O–H groups in total. The smallest absolute Gasteiger partial charge is 0.289 e. The summed E-state index contributed by atoms with van der Waals surface area (Å²) in [4.78, 5) is 10.3. The standard InChI is InChI=1S/C12H14N4O2/c13-8-9-1-2-11(7-12(9)16(17)18)15-10-3-5-14-6-4-10/h1-2,7,10,14-15H,3-6H2. The van der Waals surface area contributed by atoms with Crippen molar-refractivity contribution in [2.45, 2.75) is 18.9 Å². The molecular weight excluding hydrogens is 232 g/mol. The Morgan fingerprint density at radius 1 is 1.44 bits per heavy atom. The van der Waals surface area contributed by atoms with Crippen LogP contribution in [0.2, 0.25) is 0 Å². The number of hydrogen-bond acceptors (Lipinski definition) is 5. The number of nitro groups is 1. The van der Waals surface area contributed by atoms with E-state index in [1.807, 2.05) is 6.07 Å². The first-order chi connectivity index (χ1) is 8.70. The van der Waals surface area contributed by atoms with Gasteiger partial charge in [-0.05, 0) is 38.1 Å². The van der Waals surface area contributed by atoms with Crippen LogP contribution < -0.4 is 10.6 Å². The van der Waals surface area contributed by atoms with E-state index in [1.165, 1.54) is 12.1 Å². The number of nitro benzene ring substituents is 1. The molecule has 2 rings (SSSR count). The maximum Gasteiger partial charge on any atom is 0.289 e. The summed E-state index contributed by atoms with van der Waals surface area (Å²) in [7, 11) is 0. The van der Waals surface area contributed by atoms with Crippen molar-refractivity contribution in [3.63, 3.8) is 0 Å². The summed E-state index contributed by atoms with van der Waals surface area (Å²) in [5.41, 5.74) is 0.653. The first-order valence-electron chi connectivity index (χ1n) is 5.86. The predicted molar refractivity (Wildman–Crippen MR) is 67.3 cm³/mol. The van der Waals surface area contributed by atoms with Crippen LogP contribution in [0.3, 0.4) is 0 Å². The average Bonchev–Trinajstić information content (AvgIpc) is 2.40. The molecule has 0 bridgehead atoms. The third-order valence-corrected chi connectivity index (χ3v) is 3.02. The van der Waals surface area contributed by atoms with Crippen LogP contribution in [0.4, 0.5) is 11.4 Å². The number of hydrogen-bond donors (Lipinski definition) is 2. The molecule has 0 unspecified atom stereocenters. The Kier molecular flexibility index (Phi) is 3.75. The Bertz CT molecular complexity index is 489. The van der Waals surface area contributed by atoms with Crippen molar-refractivity contribution in [3.8, 4) is 6.07 Å². The monoisotopic (exact) mass is 246 g/mol. The van der Waals surface area contributed by atoms with E-state index < -0.39 is 4.92 Å². The quantitative estimate of drug-likeness (QED) is 0.624. The first kappa shape index (κ1) is 12.3. The Hall–Kier alpha value is -2.13. The van der Waals surface area contributed by atoms with Gasteiger partial charge in [0.1, 0.15) is 11.6 Å². The fourth-order valence-corrected chi connectivity index (χ4v) is 2.07. The lowest BCUT2D eigenvalue weighted by atomic mass is 10.1. The molecule has 0 radical (unpaired) electrons. The molecule has 1 saturated heterocycles. The molecule has 94 valence electrons. The van der Waals surface area contributed by atoms with Gasteiger partial charge in [-0.15, -0.1) is 0 Å². The fraction of sp³-hybridized carbons (Fsp3) is 0.417. The molecule has 0 aromatic heterocycles. The molecule has 1 aliphatic heterocycles. The Balaban J connectivity index is 2.16. The lowest BCUT2D eigenvalue weighted by Crippen LogP contribution is -2.35. The van der Waals surface area contributed by atoms with E-state index in [2.05, 4.69) is 10.6 Å². The van der Waals surface area contributed by atoms with Crippen LogP contribution >= 0.6 is 0 Å². The minimum atomic E-state index is -0.522. The second-order valence-corrected chi connectivity index (χ2v) is 4.27. The second-order valence-electron chi connectivity index (χ2n) is 4.27. The number of nitrogens with zero attached hydrogens (tertiary/aromatic N) is 2. The van der Waals surface area contributed by atoms with Crippen LogP contribution in [-0.4, -0.2) is 24.1 Å². The van der Waals surface area contributed by atoms with Crippen LogP contribution in [0.15, 0.2) is 18.2 Å². The second kappa shape index (κ2) is 5.47. The molecule has 0 aliphatic carbocycles. The van der Waals surface area contributed by atoms with Gasteiger partial charge in [-0.2, -0.15) is 5.26 Å². The number of anilines is 1. The van der Waals surface area contributed by atoms with Gasteiger partial charge in [-0.3, -0.25) is 10.1 Å². The van der Waals surface area contributed by atoms with E-state index in [0.29, 0.717) is 11.7 Å². The molecule has 1 aliphatic rings. The van der Waals surface area contributed by atoms with Crippen molar-refractivity contribution in [2.75, 3.05) is 18.4 Å². The van der Waals surface area contributed by atoms with E-state index in [-0.39, 0.29) is 11.3 Å². The summed E-state index contributed by atoms with van der Waals surface area (Å²) in [5, 5.41) is 26.2. The largest absolute Gasteiger partial charge is 0.382 e. The van der Waals surface area contributed by atoms with Gasteiger partial charge in [0.25, 0.3) is 5.69 Å². The van der Waals surface area contributed by atoms with Crippen LogP contribution in [0.25, 0.3) is 0 Å². The molecule has 0 amide bonds. The number of rotatable bonds is 3.